The third-order valence-corrected chi connectivity index (χ3v) is 0. The molecule has 0 bridgehead atoms. The summed E-state index contributed by atoms with van der Waals surface area (Å²) in [6.45, 7) is 0. The largest absolute Gasteiger partial charge is 3.00 e. The molecule has 0 aliphatic heterocycles. The van der Waals surface area contributed by atoms with Gasteiger partial charge in [0.15, 0.2) is 0 Å². The SMILES string of the molecule is O=[PH2][O-].O=[PH2][O-].O=[PH2][O-].[Fe+3]. The molecule has 3 atom stereocenters. The predicted molar refractivity (Wildman–Crippen MR) is 31.2 cm³/mol. The van der Waals surface area contributed by atoms with Crippen LogP contribution in [-0.2, 0) is 30.8 Å². The van der Waals surface area contributed by atoms with E-state index in [1.165, 1.54) is 0 Å². The van der Waals surface area contributed by atoms with Crippen LogP contribution in [0.25, 0.3) is 0 Å². The van der Waals surface area contributed by atoms with Gasteiger partial charge in [-0.2, -0.15) is 0 Å². The summed E-state index contributed by atoms with van der Waals surface area (Å²) in [5, 5.41) is 0. The van der Waals surface area contributed by atoms with E-state index in [2.05, 4.69) is 0 Å². The van der Waals surface area contributed by atoms with E-state index in [0.717, 1.165) is 0 Å². The Morgan fingerprint density at radius 2 is 0.700 bits per heavy atom. The van der Waals surface area contributed by atoms with Crippen LogP contribution < -0.4 is 14.7 Å². The Morgan fingerprint density at radius 3 is 0.700 bits per heavy atom. The van der Waals surface area contributed by atoms with Crippen molar-refractivity contribution in [3.63, 3.8) is 0 Å². The molecule has 0 aromatic rings. The predicted octanol–water partition coefficient (Wildman–Crippen LogP) is -2.95. The van der Waals surface area contributed by atoms with E-state index in [0.29, 0.717) is 0 Å². The molecule has 0 aliphatic rings. The Morgan fingerprint density at radius 1 is 0.700 bits per heavy atom. The Bertz CT molecular complexity index is 49.7. The summed E-state index contributed by atoms with van der Waals surface area (Å²) in [6, 6.07) is 0. The standard InChI is InChI=1S/Fe.3H3O2P/c;3*1-3-2/h;3*3H2,(H,1,2)/q+3;;;/p-3. The van der Waals surface area contributed by atoms with Crippen molar-refractivity contribution in [3.8, 4) is 0 Å². The van der Waals surface area contributed by atoms with Crippen LogP contribution in [0.1, 0.15) is 0 Å². The molecular weight excluding hydrogens is 245 g/mol. The number of hydrogen-bond donors (Lipinski definition) is 0. The van der Waals surface area contributed by atoms with E-state index >= 15 is 0 Å². The summed E-state index contributed by atoms with van der Waals surface area (Å²) in [4.78, 5) is 25.4. The maximum atomic E-state index is 8.46. The minimum atomic E-state index is -1.75. The molecule has 3 unspecified atom stereocenters. The maximum absolute atomic E-state index is 8.46. The minimum absolute atomic E-state index is 0. The molecule has 0 N–H and O–H groups in total. The van der Waals surface area contributed by atoms with Gasteiger partial charge in [-0.05, 0) is 26.1 Å². The van der Waals surface area contributed by atoms with Crippen molar-refractivity contribution in [2.45, 2.75) is 0 Å². The first-order valence-electron chi connectivity index (χ1n) is 1.41. The van der Waals surface area contributed by atoms with Crippen LogP contribution in [0.2, 0.25) is 0 Å². The van der Waals surface area contributed by atoms with Crippen molar-refractivity contribution in [1.29, 1.82) is 0 Å². The van der Waals surface area contributed by atoms with E-state index in [1.54, 1.807) is 0 Å². The van der Waals surface area contributed by atoms with Gasteiger partial charge in [-0.25, -0.2) is 0 Å². The van der Waals surface area contributed by atoms with Gasteiger partial charge < -0.3 is 28.4 Å². The molecule has 0 aromatic heterocycles. The minimum Gasteiger partial charge on any atom is -0.804 e. The van der Waals surface area contributed by atoms with Crippen LogP contribution in [0, 0.1) is 0 Å². The van der Waals surface area contributed by atoms with E-state index in [9.17, 15) is 0 Å². The Balaban J connectivity index is -0.0000000257. The second kappa shape index (κ2) is 49.8. The normalized spacial score (nSPS) is 8.70. The summed E-state index contributed by atoms with van der Waals surface area (Å²) < 4.78 is 25.4. The smallest absolute Gasteiger partial charge is 0.804 e. The molecular formula is H6FeO6P3. The van der Waals surface area contributed by atoms with Gasteiger partial charge in [-0.1, -0.05) is 0 Å². The molecule has 0 fully saturated rings. The first kappa shape index (κ1) is 22.5. The third-order valence-electron chi connectivity index (χ3n) is 0. The molecule has 6 nitrogen and oxygen atoms in total. The second-order valence-corrected chi connectivity index (χ2v) is 0.866. The Kier molecular flexibility index (Phi) is 112. The summed E-state index contributed by atoms with van der Waals surface area (Å²) in [6.07, 6.45) is 0. The van der Waals surface area contributed by atoms with Gasteiger partial charge in [0.05, 0.1) is 0 Å². The van der Waals surface area contributed by atoms with Gasteiger partial charge in [0.1, 0.15) is 0 Å². The summed E-state index contributed by atoms with van der Waals surface area (Å²) in [5.41, 5.74) is 0. The molecule has 10 heteroatoms. The van der Waals surface area contributed by atoms with E-state index < -0.39 is 26.1 Å². The van der Waals surface area contributed by atoms with Crippen molar-refractivity contribution in [2.24, 2.45) is 0 Å². The summed E-state index contributed by atoms with van der Waals surface area (Å²) in [5.74, 6) is 0. The van der Waals surface area contributed by atoms with Crippen molar-refractivity contribution in [2.75, 3.05) is 0 Å². The van der Waals surface area contributed by atoms with E-state index in [-0.39, 0.29) is 17.1 Å². The third kappa shape index (κ3) is 501. The van der Waals surface area contributed by atoms with Crippen molar-refractivity contribution in [1.82, 2.24) is 0 Å². The van der Waals surface area contributed by atoms with Gasteiger partial charge in [0.25, 0.3) is 0 Å². The quantitative estimate of drug-likeness (QED) is 0.335. The topological polar surface area (TPSA) is 120 Å². The Hall–Kier alpha value is 1.09. The molecule has 0 rings (SSSR count). The number of rotatable bonds is 0. The fourth-order valence-electron chi connectivity index (χ4n) is 0. The second-order valence-electron chi connectivity index (χ2n) is 0.289. The molecule has 0 saturated carbocycles. The van der Waals surface area contributed by atoms with E-state index in [4.69, 9.17) is 28.4 Å². The fourth-order valence-corrected chi connectivity index (χ4v) is 0. The van der Waals surface area contributed by atoms with Crippen molar-refractivity contribution >= 4 is 26.1 Å². The van der Waals surface area contributed by atoms with Crippen LogP contribution in [-0.4, -0.2) is 0 Å². The zero-order valence-corrected chi connectivity index (χ0v) is 9.10. The van der Waals surface area contributed by atoms with Crippen molar-refractivity contribution < 1.29 is 45.4 Å². The first-order chi connectivity index (χ1) is 4.24. The van der Waals surface area contributed by atoms with Gasteiger partial charge in [-0.15, -0.1) is 0 Å². The van der Waals surface area contributed by atoms with Crippen LogP contribution >= 0.6 is 26.1 Å². The fraction of sp³-hybridized carbons (Fsp3) is 0. The number of hydrogen-bond acceptors (Lipinski definition) is 6. The zero-order valence-electron chi connectivity index (χ0n) is 4.54. The van der Waals surface area contributed by atoms with Crippen LogP contribution in [0.4, 0.5) is 0 Å². The average Bonchev–Trinajstić information content (AvgIpc) is 1.70. The molecule has 0 spiro atoms. The van der Waals surface area contributed by atoms with Crippen LogP contribution in [0.15, 0.2) is 0 Å². The average molecular weight is 251 g/mol. The monoisotopic (exact) mass is 251 g/mol. The molecule has 0 heterocycles. The maximum Gasteiger partial charge on any atom is 3.00 e. The first-order valence-corrected chi connectivity index (χ1v) is 4.24. The molecule has 0 aromatic carbocycles. The van der Waals surface area contributed by atoms with Gasteiger partial charge in [-0.3, -0.25) is 0 Å². The molecule has 0 amide bonds. The van der Waals surface area contributed by atoms with Crippen LogP contribution in [0.5, 0.6) is 0 Å². The van der Waals surface area contributed by atoms with Gasteiger partial charge >= 0.3 is 17.1 Å². The molecule has 65 valence electrons. The summed E-state index contributed by atoms with van der Waals surface area (Å²) >= 11 is 0. The Labute approximate surface area is 72.0 Å². The molecule has 10 heavy (non-hydrogen) atoms. The summed E-state index contributed by atoms with van der Waals surface area (Å²) in [7, 11) is -5.25. The van der Waals surface area contributed by atoms with Gasteiger partial charge in [0, 0.05) is 0 Å². The van der Waals surface area contributed by atoms with Gasteiger partial charge in [0.2, 0.25) is 0 Å². The van der Waals surface area contributed by atoms with Crippen LogP contribution in [0.3, 0.4) is 0 Å². The molecule has 0 saturated heterocycles. The molecule has 1 radical (unpaired) electrons. The zero-order chi connectivity index (χ0) is 8.12. The molecule has 0 aliphatic carbocycles. The van der Waals surface area contributed by atoms with Crippen molar-refractivity contribution in [3.05, 3.63) is 0 Å². The van der Waals surface area contributed by atoms with E-state index in [1.807, 2.05) is 0 Å².